The quantitative estimate of drug-likeness (QED) is 0.794. The van der Waals surface area contributed by atoms with Gasteiger partial charge in [0.1, 0.15) is 5.82 Å². The number of halogens is 1. The first-order valence-electron chi connectivity index (χ1n) is 9.16. The third kappa shape index (κ3) is 4.24. The second kappa shape index (κ2) is 7.46. The Morgan fingerprint density at radius 3 is 2.80 bits per heavy atom. The molecule has 4 nitrogen and oxygen atoms in total. The predicted octanol–water partition coefficient (Wildman–Crippen LogP) is 4.57. The largest absolute Gasteiger partial charge is 0.341 e. The van der Waals surface area contributed by atoms with Crippen molar-refractivity contribution in [3.05, 3.63) is 34.8 Å². The van der Waals surface area contributed by atoms with Gasteiger partial charge in [-0.3, -0.25) is 0 Å². The minimum Gasteiger partial charge on any atom is -0.341 e. The van der Waals surface area contributed by atoms with Crippen LogP contribution in [0.25, 0.3) is 11.2 Å². The van der Waals surface area contributed by atoms with E-state index in [1.807, 2.05) is 6.07 Å². The number of H-pyrrole nitrogens is 1. The van der Waals surface area contributed by atoms with E-state index in [-0.39, 0.29) is 0 Å². The maximum absolute atomic E-state index is 6.03. The molecule has 0 fully saturated rings. The van der Waals surface area contributed by atoms with Gasteiger partial charge >= 0.3 is 0 Å². The number of fused-ring (bicyclic) bond motifs is 1. The van der Waals surface area contributed by atoms with Gasteiger partial charge in [-0.05, 0) is 57.2 Å². The molecule has 0 radical (unpaired) electrons. The number of nitrogens with one attached hydrogen (secondary N) is 1. The fourth-order valence-electron chi connectivity index (χ4n) is 4.16. The third-order valence-corrected chi connectivity index (χ3v) is 5.66. The summed E-state index contributed by atoms with van der Waals surface area (Å²) in [4.78, 5) is 14.7. The van der Waals surface area contributed by atoms with Crippen molar-refractivity contribution in [3.63, 3.8) is 0 Å². The van der Waals surface area contributed by atoms with Gasteiger partial charge in [0.15, 0.2) is 5.65 Å². The molecule has 0 amide bonds. The molecule has 0 unspecified atom stereocenters. The molecule has 0 bridgehead atoms. The Balaban J connectivity index is 1.81. The van der Waals surface area contributed by atoms with E-state index < -0.39 is 0 Å². The van der Waals surface area contributed by atoms with Crippen LogP contribution in [0.15, 0.2) is 23.9 Å². The van der Waals surface area contributed by atoms with E-state index in [1.165, 1.54) is 12.0 Å². The fraction of sp³-hybridized carbons (Fsp3) is 0.600. The normalized spacial score (nSPS) is 24.3. The van der Waals surface area contributed by atoms with E-state index in [2.05, 4.69) is 60.8 Å². The molecule has 136 valence electrons. The molecule has 1 aliphatic carbocycles. The van der Waals surface area contributed by atoms with E-state index in [0.717, 1.165) is 30.0 Å². The summed E-state index contributed by atoms with van der Waals surface area (Å²) in [5, 5.41) is 0.642. The van der Waals surface area contributed by atoms with Crippen LogP contribution in [-0.4, -0.2) is 40.5 Å². The number of hydrogen-bond acceptors (Lipinski definition) is 3. The zero-order valence-corrected chi connectivity index (χ0v) is 16.6. The van der Waals surface area contributed by atoms with Crippen molar-refractivity contribution in [2.45, 2.75) is 33.6 Å². The molecular weight excluding hydrogens is 332 g/mol. The summed E-state index contributed by atoms with van der Waals surface area (Å²) < 4.78 is 0. The molecule has 0 aliphatic heterocycles. The highest BCUT2D eigenvalue weighted by molar-refractivity contribution is 6.31. The Morgan fingerprint density at radius 1 is 1.36 bits per heavy atom. The van der Waals surface area contributed by atoms with Gasteiger partial charge in [-0.15, -0.1) is 0 Å². The molecule has 0 aromatic carbocycles. The minimum absolute atomic E-state index is 0.543. The van der Waals surface area contributed by atoms with E-state index in [1.54, 1.807) is 6.20 Å². The predicted molar refractivity (Wildman–Crippen MR) is 105 cm³/mol. The molecule has 0 saturated heterocycles. The minimum atomic E-state index is 0.543. The maximum atomic E-state index is 6.03. The van der Waals surface area contributed by atoms with Crippen LogP contribution in [0, 0.1) is 23.7 Å². The molecule has 1 aliphatic rings. The number of allylic oxidation sites excluding steroid dienone is 1. The second-order valence-electron chi connectivity index (χ2n) is 8.09. The second-order valence-corrected chi connectivity index (χ2v) is 8.53. The van der Waals surface area contributed by atoms with Crippen molar-refractivity contribution in [2.75, 3.05) is 20.6 Å². The first-order chi connectivity index (χ1) is 11.8. The highest BCUT2D eigenvalue weighted by Crippen LogP contribution is 2.39. The van der Waals surface area contributed by atoms with E-state index in [4.69, 9.17) is 11.6 Å². The number of imidazole rings is 1. The number of hydrogen-bond donors (Lipinski definition) is 1. The molecule has 2 aromatic heterocycles. The van der Waals surface area contributed by atoms with Gasteiger partial charge in [0.05, 0.1) is 10.5 Å². The lowest BCUT2D eigenvalue weighted by Gasteiger charge is -2.38. The van der Waals surface area contributed by atoms with Crippen LogP contribution in [-0.2, 0) is 6.42 Å². The number of aromatic nitrogens is 3. The van der Waals surface area contributed by atoms with Crippen molar-refractivity contribution in [1.82, 2.24) is 19.9 Å². The van der Waals surface area contributed by atoms with Gasteiger partial charge in [0, 0.05) is 19.2 Å². The monoisotopic (exact) mass is 360 g/mol. The van der Waals surface area contributed by atoms with Gasteiger partial charge in [0.25, 0.3) is 0 Å². The van der Waals surface area contributed by atoms with Crippen LogP contribution in [0.5, 0.6) is 0 Å². The Bertz CT molecular complexity index is 762. The number of aromatic amines is 1. The number of nitrogens with zero attached hydrogens (tertiary/aromatic N) is 3. The smallest absolute Gasteiger partial charge is 0.177 e. The summed E-state index contributed by atoms with van der Waals surface area (Å²) in [5.74, 6) is 3.60. The Hall–Kier alpha value is -1.39. The number of rotatable bonds is 5. The SMILES string of the molecule is CC1=C[C@@H](CN(C)C)[C@H](C(C)C)C[C@H]1Cc1nc2ncc(Cl)cc2[nH]1. The van der Waals surface area contributed by atoms with E-state index in [0.29, 0.717) is 28.7 Å². The summed E-state index contributed by atoms with van der Waals surface area (Å²) in [6.07, 6.45) is 6.33. The molecular formula is C20H29ClN4. The first-order valence-corrected chi connectivity index (χ1v) is 9.54. The zero-order chi connectivity index (χ0) is 18.1. The summed E-state index contributed by atoms with van der Waals surface area (Å²) in [7, 11) is 4.33. The summed E-state index contributed by atoms with van der Waals surface area (Å²) in [5.41, 5.74) is 3.17. The first kappa shape index (κ1) is 18.4. The van der Waals surface area contributed by atoms with Gasteiger partial charge in [-0.1, -0.05) is 37.1 Å². The lowest BCUT2D eigenvalue weighted by Crippen LogP contribution is -2.34. The van der Waals surface area contributed by atoms with Crippen molar-refractivity contribution in [2.24, 2.45) is 23.7 Å². The van der Waals surface area contributed by atoms with Gasteiger partial charge in [-0.2, -0.15) is 0 Å². The average molecular weight is 361 g/mol. The molecule has 3 atom stereocenters. The van der Waals surface area contributed by atoms with Gasteiger partial charge in [-0.25, -0.2) is 9.97 Å². The molecule has 0 saturated carbocycles. The van der Waals surface area contributed by atoms with Gasteiger partial charge < -0.3 is 9.88 Å². The van der Waals surface area contributed by atoms with Crippen LogP contribution in [0.4, 0.5) is 0 Å². The highest BCUT2D eigenvalue weighted by Gasteiger charge is 2.32. The molecule has 2 aromatic rings. The van der Waals surface area contributed by atoms with Crippen molar-refractivity contribution < 1.29 is 0 Å². The van der Waals surface area contributed by atoms with Crippen molar-refractivity contribution in [1.29, 1.82) is 0 Å². The van der Waals surface area contributed by atoms with E-state index in [9.17, 15) is 0 Å². The van der Waals surface area contributed by atoms with Crippen molar-refractivity contribution >= 4 is 22.8 Å². The van der Waals surface area contributed by atoms with Crippen LogP contribution in [0.2, 0.25) is 5.02 Å². The summed E-state index contributed by atoms with van der Waals surface area (Å²) >= 11 is 6.03. The Morgan fingerprint density at radius 2 is 2.12 bits per heavy atom. The average Bonchev–Trinajstić information content (AvgIpc) is 2.90. The highest BCUT2D eigenvalue weighted by atomic mass is 35.5. The van der Waals surface area contributed by atoms with Gasteiger partial charge in [0.2, 0.25) is 0 Å². The lowest BCUT2D eigenvalue weighted by molar-refractivity contribution is 0.190. The van der Waals surface area contributed by atoms with Crippen LogP contribution in [0.3, 0.4) is 0 Å². The Kier molecular flexibility index (Phi) is 5.49. The number of pyridine rings is 1. The van der Waals surface area contributed by atoms with Crippen LogP contribution in [0.1, 0.15) is 33.0 Å². The van der Waals surface area contributed by atoms with Crippen molar-refractivity contribution in [3.8, 4) is 0 Å². The molecule has 2 heterocycles. The third-order valence-electron chi connectivity index (χ3n) is 5.45. The molecule has 1 N–H and O–H groups in total. The summed E-state index contributed by atoms with van der Waals surface area (Å²) in [6, 6.07) is 1.90. The topological polar surface area (TPSA) is 44.8 Å². The molecule has 0 spiro atoms. The van der Waals surface area contributed by atoms with Crippen LogP contribution < -0.4 is 0 Å². The van der Waals surface area contributed by atoms with Crippen LogP contribution >= 0.6 is 11.6 Å². The summed E-state index contributed by atoms with van der Waals surface area (Å²) in [6.45, 7) is 8.11. The van der Waals surface area contributed by atoms with E-state index >= 15 is 0 Å². The molecule has 3 rings (SSSR count). The maximum Gasteiger partial charge on any atom is 0.177 e. The molecule has 5 heteroatoms. The standard InChI is InChI=1S/C20H29ClN4/c1-12(2)17-7-14(13(3)6-15(17)11-25(4)5)8-19-23-18-9-16(21)10-22-20(18)24-19/h6,9-10,12,14-15,17H,7-8,11H2,1-5H3,(H,22,23,24)/t14-,15-,17-/m0/s1. The lowest BCUT2D eigenvalue weighted by atomic mass is 9.69. The Labute approximate surface area is 155 Å². The fourth-order valence-corrected chi connectivity index (χ4v) is 4.32. The molecule has 25 heavy (non-hydrogen) atoms. The zero-order valence-electron chi connectivity index (χ0n) is 15.9.